The van der Waals surface area contributed by atoms with E-state index in [1.54, 1.807) is 6.20 Å². The van der Waals surface area contributed by atoms with Crippen molar-refractivity contribution in [1.29, 1.82) is 0 Å². The van der Waals surface area contributed by atoms with E-state index >= 15 is 0 Å². The van der Waals surface area contributed by atoms with Crippen molar-refractivity contribution in [3.05, 3.63) is 27.1 Å². The number of aromatic amines is 1. The standard InChI is InChI=1S/C16H20IN5O/c1-5-22-10(4)8(2)14-9(3)15(12(23)6-11(14)22)20-21-16-18-7-13(17)19-16/h6-8,10,23H,5H2,1-4H3,(H,18,19). The van der Waals surface area contributed by atoms with Gasteiger partial charge in [-0.05, 0) is 54.5 Å². The van der Waals surface area contributed by atoms with Crippen LogP contribution in [0.4, 0.5) is 17.3 Å². The lowest BCUT2D eigenvalue weighted by Crippen LogP contribution is -2.30. The van der Waals surface area contributed by atoms with E-state index in [-0.39, 0.29) is 5.75 Å². The molecule has 0 saturated heterocycles. The van der Waals surface area contributed by atoms with Crippen LogP contribution in [0.25, 0.3) is 0 Å². The van der Waals surface area contributed by atoms with Gasteiger partial charge in [-0.1, -0.05) is 6.92 Å². The number of aromatic nitrogens is 2. The average molecular weight is 425 g/mol. The normalized spacial score (nSPS) is 20.5. The molecule has 6 nitrogen and oxygen atoms in total. The minimum Gasteiger partial charge on any atom is -0.506 e. The fraction of sp³-hybridized carbons (Fsp3) is 0.438. The van der Waals surface area contributed by atoms with Crippen LogP contribution >= 0.6 is 22.6 Å². The van der Waals surface area contributed by atoms with E-state index in [2.05, 4.69) is 68.5 Å². The van der Waals surface area contributed by atoms with Crippen molar-refractivity contribution in [3.8, 4) is 5.75 Å². The number of H-pyrrole nitrogens is 1. The van der Waals surface area contributed by atoms with Gasteiger partial charge in [0.25, 0.3) is 0 Å². The Morgan fingerprint density at radius 2 is 2.13 bits per heavy atom. The number of rotatable bonds is 3. The second-order valence-electron chi connectivity index (χ2n) is 5.87. The molecule has 3 rings (SSSR count). The highest BCUT2D eigenvalue weighted by atomic mass is 127. The first kappa shape index (κ1) is 16.2. The van der Waals surface area contributed by atoms with Crippen molar-refractivity contribution in [2.24, 2.45) is 10.2 Å². The number of halogens is 1. The van der Waals surface area contributed by atoms with Gasteiger partial charge in [-0.2, -0.15) is 0 Å². The lowest BCUT2D eigenvalue weighted by Gasteiger charge is -2.24. The molecule has 7 heteroatoms. The molecule has 0 aliphatic carbocycles. The Kier molecular flexibility index (Phi) is 4.31. The molecule has 1 aromatic carbocycles. The van der Waals surface area contributed by atoms with E-state index < -0.39 is 0 Å². The Bertz CT molecular complexity index is 770. The summed E-state index contributed by atoms with van der Waals surface area (Å²) >= 11 is 2.13. The molecule has 2 unspecified atom stereocenters. The maximum atomic E-state index is 10.4. The number of phenolic OH excluding ortho intramolecular Hbond substituents is 1. The van der Waals surface area contributed by atoms with E-state index in [9.17, 15) is 5.11 Å². The molecule has 0 bridgehead atoms. The van der Waals surface area contributed by atoms with Gasteiger partial charge in [0.05, 0.1) is 9.90 Å². The van der Waals surface area contributed by atoms with Gasteiger partial charge in [0.1, 0.15) is 11.4 Å². The first-order valence-corrected chi connectivity index (χ1v) is 8.77. The van der Waals surface area contributed by atoms with Gasteiger partial charge < -0.3 is 15.0 Å². The van der Waals surface area contributed by atoms with Crippen molar-refractivity contribution < 1.29 is 5.11 Å². The van der Waals surface area contributed by atoms with Gasteiger partial charge in [0.2, 0.25) is 5.95 Å². The summed E-state index contributed by atoms with van der Waals surface area (Å²) in [6.45, 7) is 9.50. The molecule has 1 aromatic heterocycles. The minimum absolute atomic E-state index is 0.158. The fourth-order valence-electron chi connectivity index (χ4n) is 3.35. The predicted molar refractivity (Wildman–Crippen MR) is 99.2 cm³/mol. The first-order chi connectivity index (χ1) is 10.9. The van der Waals surface area contributed by atoms with Crippen LogP contribution in [0.1, 0.15) is 37.8 Å². The van der Waals surface area contributed by atoms with Crippen molar-refractivity contribution >= 4 is 39.9 Å². The number of phenols is 1. The number of fused-ring (bicyclic) bond motifs is 1. The number of benzene rings is 1. The highest BCUT2D eigenvalue weighted by Gasteiger charge is 2.34. The average Bonchev–Trinajstić information content (AvgIpc) is 3.01. The Balaban J connectivity index is 2.05. The molecule has 2 aromatic rings. The SMILES string of the molecule is CCN1c2cc(O)c(N=Nc3ncc(I)[nH]3)c(C)c2C(C)C1C. The molecule has 0 saturated carbocycles. The van der Waals surface area contributed by atoms with Crippen LogP contribution in [-0.4, -0.2) is 27.7 Å². The van der Waals surface area contributed by atoms with Gasteiger partial charge in [0.15, 0.2) is 0 Å². The van der Waals surface area contributed by atoms with Gasteiger partial charge in [-0.15, -0.1) is 10.2 Å². The topological polar surface area (TPSA) is 76.9 Å². The summed E-state index contributed by atoms with van der Waals surface area (Å²) in [5, 5.41) is 18.8. The van der Waals surface area contributed by atoms with Crippen LogP contribution in [0, 0.1) is 10.6 Å². The van der Waals surface area contributed by atoms with Gasteiger partial charge in [-0.3, -0.25) is 0 Å². The maximum Gasteiger partial charge on any atom is 0.247 e. The lowest BCUT2D eigenvalue weighted by molar-refractivity contribution is 0.476. The number of imidazole rings is 1. The largest absolute Gasteiger partial charge is 0.506 e. The highest BCUT2D eigenvalue weighted by Crippen LogP contribution is 2.48. The molecule has 2 atom stereocenters. The zero-order valence-corrected chi connectivity index (χ0v) is 15.8. The summed E-state index contributed by atoms with van der Waals surface area (Å²) in [6, 6.07) is 2.22. The van der Waals surface area contributed by atoms with Gasteiger partial charge in [-0.25, -0.2) is 4.98 Å². The third kappa shape index (κ3) is 2.71. The third-order valence-electron chi connectivity index (χ3n) is 4.65. The van der Waals surface area contributed by atoms with Crippen LogP contribution in [0.3, 0.4) is 0 Å². The number of likely N-dealkylation sites (N-methyl/N-ethyl adjacent to an activating group) is 1. The lowest BCUT2D eigenvalue weighted by atomic mass is 9.93. The Hall–Kier alpha value is -1.64. The fourth-order valence-corrected chi connectivity index (χ4v) is 3.73. The monoisotopic (exact) mass is 425 g/mol. The molecule has 1 aliphatic heterocycles. The van der Waals surface area contributed by atoms with Crippen LogP contribution in [0.15, 0.2) is 22.5 Å². The van der Waals surface area contributed by atoms with Crippen LogP contribution in [0.2, 0.25) is 0 Å². The van der Waals surface area contributed by atoms with Gasteiger partial charge in [0, 0.05) is 30.3 Å². The molecular formula is C16H20IN5O. The van der Waals surface area contributed by atoms with E-state index in [1.807, 2.05) is 13.0 Å². The highest BCUT2D eigenvalue weighted by molar-refractivity contribution is 14.1. The van der Waals surface area contributed by atoms with Crippen LogP contribution in [-0.2, 0) is 0 Å². The summed E-state index contributed by atoms with van der Waals surface area (Å²) in [5.41, 5.74) is 3.86. The quantitative estimate of drug-likeness (QED) is 0.549. The summed E-state index contributed by atoms with van der Waals surface area (Å²) < 4.78 is 0.896. The molecule has 1 aliphatic rings. The van der Waals surface area contributed by atoms with Crippen molar-refractivity contribution in [1.82, 2.24) is 9.97 Å². The van der Waals surface area contributed by atoms with E-state index in [0.29, 0.717) is 23.6 Å². The number of azo groups is 1. The zero-order valence-electron chi connectivity index (χ0n) is 13.6. The molecule has 23 heavy (non-hydrogen) atoms. The Morgan fingerprint density at radius 3 is 2.74 bits per heavy atom. The number of nitrogens with zero attached hydrogens (tertiary/aromatic N) is 4. The molecule has 0 fully saturated rings. The van der Waals surface area contributed by atoms with E-state index in [4.69, 9.17) is 0 Å². The number of nitrogens with one attached hydrogen (secondary N) is 1. The zero-order chi connectivity index (χ0) is 16.7. The summed E-state index contributed by atoms with van der Waals surface area (Å²) in [5.74, 6) is 0.986. The summed E-state index contributed by atoms with van der Waals surface area (Å²) in [6.07, 6.45) is 1.69. The number of hydrogen-bond donors (Lipinski definition) is 2. The van der Waals surface area contributed by atoms with Crippen molar-refractivity contribution in [2.45, 2.75) is 39.7 Å². The molecule has 0 spiro atoms. The van der Waals surface area contributed by atoms with Crippen molar-refractivity contribution in [2.75, 3.05) is 11.4 Å². The molecule has 122 valence electrons. The van der Waals surface area contributed by atoms with E-state index in [1.165, 1.54) is 5.56 Å². The number of anilines is 1. The molecule has 2 N–H and O–H groups in total. The number of aromatic hydroxyl groups is 1. The van der Waals surface area contributed by atoms with Gasteiger partial charge >= 0.3 is 0 Å². The number of hydrogen-bond acceptors (Lipinski definition) is 5. The third-order valence-corrected chi connectivity index (χ3v) is 5.20. The van der Waals surface area contributed by atoms with Crippen LogP contribution in [0.5, 0.6) is 5.75 Å². The summed E-state index contributed by atoms with van der Waals surface area (Å²) in [4.78, 5) is 9.42. The molecular weight excluding hydrogens is 405 g/mol. The molecule has 2 heterocycles. The smallest absolute Gasteiger partial charge is 0.247 e. The Labute approximate surface area is 149 Å². The van der Waals surface area contributed by atoms with E-state index in [0.717, 1.165) is 21.5 Å². The molecule has 0 amide bonds. The first-order valence-electron chi connectivity index (χ1n) is 7.69. The summed E-state index contributed by atoms with van der Waals surface area (Å²) in [7, 11) is 0. The minimum atomic E-state index is 0.158. The second-order valence-corrected chi connectivity index (χ2v) is 7.03. The molecule has 0 radical (unpaired) electrons. The predicted octanol–water partition coefficient (Wildman–Crippen LogP) is 4.78. The Morgan fingerprint density at radius 1 is 1.39 bits per heavy atom. The van der Waals surface area contributed by atoms with Crippen molar-refractivity contribution in [3.63, 3.8) is 0 Å². The second kappa shape index (κ2) is 6.10. The van der Waals surface area contributed by atoms with Crippen LogP contribution < -0.4 is 4.90 Å². The maximum absolute atomic E-state index is 10.4.